The first-order valence-electron chi connectivity index (χ1n) is 15.5. The number of nitrogens with zero attached hydrogens (tertiary/aromatic N) is 1. The Hall–Kier alpha value is -6.20. The lowest BCUT2D eigenvalue weighted by molar-refractivity contribution is 0.270. The molecule has 47 heavy (non-hydrogen) atoms. The monoisotopic (exact) mass is 615 g/mol. The van der Waals surface area contributed by atoms with Gasteiger partial charge < -0.3 is 23.2 Å². The third-order valence-electron chi connectivity index (χ3n) is 7.74. The number of hydrogen-bond donors (Lipinski definition) is 0. The standard InChI is InChI=1S/C42H33NO4/c1-3-9-35(10-4-1)43(36-11-5-2-6-12-36)37-21-15-32(16-22-37)29-42(33-17-23-38(24-18-33)46-30-40-13-7-27-44-40)34-19-25-39(26-20-34)47-31-41-14-8-28-45-41/h1-29H,30-31H2. The Kier molecular flexibility index (Phi) is 8.96. The van der Waals surface area contributed by atoms with Crippen LogP contribution in [-0.4, -0.2) is 0 Å². The van der Waals surface area contributed by atoms with Crippen LogP contribution in [0.25, 0.3) is 11.6 Å². The Morgan fingerprint density at radius 3 is 1.34 bits per heavy atom. The van der Waals surface area contributed by atoms with Gasteiger partial charge in [-0.25, -0.2) is 0 Å². The van der Waals surface area contributed by atoms with E-state index in [0.717, 1.165) is 62.3 Å². The van der Waals surface area contributed by atoms with Gasteiger partial charge in [0.2, 0.25) is 0 Å². The Bertz CT molecular complexity index is 1860. The number of anilines is 3. The van der Waals surface area contributed by atoms with Crippen LogP contribution in [-0.2, 0) is 13.2 Å². The lowest BCUT2D eigenvalue weighted by atomic mass is 9.95. The van der Waals surface area contributed by atoms with E-state index in [9.17, 15) is 0 Å². The summed E-state index contributed by atoms with van der Waals surface area (Å²) in [6.45, 7) is 0.758. The van der Waals surface area contributed by atoms with E-state index in [1.165, 1.54) is 0 Å². The van der Waals surface area contributed by atoms with Crippen molar-refractivity contribution < 1.29 is 18.3 Å². The van der Waals surface area contributed by atoms with Crippen LogP contribution in [0.15, 0.2) is 179 Å². The highest BCUT2D eigenvalue weighted by atomic mass is 16.5. The van der Waals surface area contributed by atoms with Crippen molar-refractivity contribution in [1.82, 2.24) is 0 Å². The highest BCUT2D eigenvalue weighted by molar-refractivity contribution is 5.92. The predicted octanol–water partition coefficient (Wildman–Crippen LogP) is 11.1. The minimum atomic E-state index is 0.379. The molecule has 0 aliphatic rings. The van der Waals surface area contributed by atoms with Crippen LogP contribution in [0.5, 0.6) is 11.5 Å². The third kappa shape index (κ3) is 7.38. The van der Waals surface area contributed by atoms with Gasteiger partial charge >= 0.3 is 0 Å². The summed E-state index contributed by atoms with van der Waals surface area (Å²) in [5.74, 6) is 3.12. The summed E-state index contributed by atoms with van der Waals surface area (Å²) >= 11 is 0. The van der Waals surface area contributed by atoms with E-state index >= 15 is 0 Å². The van der Waals surface area contributed by atoms with E-state index in [1.54, 1.807) is 12.5 Å². The van der Waals surface area contributed by atoms with Gasteiger partial charge in [0.25, 0.3) is 0 Å². The molecule has 0 radical (unpaired) electrons. The zero-order valence-electron chi connectivity index (χ0n) is 25.7. The molecule has 0 atom stereocenters. The highest BCUT2D eigenvalue weighted by Gasteiger charge is 2.13. The molecule has 7 aromatic rings. The van der Waals surface area contributed by atoms with Crippen molar-refractivity contribution in [3.05, 3.63) is 198 Å². The zero-order valence-corrected chi connectivity index (χ0v) is 25.7. The number of ether oxygens (including phenoxy) is 2. The Morgan fingerprint density at radius 1 is 0.468 bits per heavy atom. The van der Waals surface area contributed by atoms with Crippen LogP contribution >= 0.6 is 0 Å². The largest absolute Gasteiger partial charge is 0.486 e. The molecule has 0 bridgehead atoms. The maximum atomic E-state index is 5.95. The number of rotatable bonds is 12. The molecule has 2 aromatic heterocycles. The van der Waals surface area contributed by atoms with Gasteiger partial charge in [-0.3, -0.25) is 0 Å². The summed E-state index contributed by atoms with van der Waals surface area (Å²) in [6, 6.07) is 53.4. The molecule has 0 unspecified atom stereocenters. The summed E-state index contributed by atoms with van der Waals surface area (Å²) in [7, 11) is 0. The van der Waals surface area contributed by atoms with Gasteiger partial charge in [0.1, 0.15) is 36.2 Å². The quantitative estimate of drug-likeness (QED) is 0.128. The molecular weight excluding hydrogens is 582 g/mol. The topological polar surface area (TPSA) is 48.0 Å². The fourth-order valence-corrected chi connectivity index (χ4v) is 5.38. The summed E-state index contributed by atoms with van der Waals surface area (Å²) < 4.78 is 22.7. The minimum absolute atomic E-state index is 0.379. The third-order valence-corrected chi connectivity index (χ3v) is 7.74. The van der Waals surface area contributed by atoms with Crippen molar-refractivity contribution in [2.24, 2.45) is 0 Å². The molecule has 0 amide bonds. The van der Waals surface area contributed by atoms with E-state index in [4.69, 9.17) is 18.3 Å². The van der Waals surface area contributed by atoms with Crippen LogP contribution in [0.4, 0.5) is 17.1 Å². The molecule has 7 rings (SSSR count). The summed E-state index contributed by atoms with van der Waals surface area (Å²) in [5, 5.41) is 0. The first kappa shape index (κ1) is 29.5. The van der Waals surface area contributed by atoms with Gasteiger partial charge in [-0.15, -0.1) is 0 Å². The van der Waals surface area contributed by atoms with Gasteiger partial charge in [0.15, 0.2) is 0 Å². The molecule has 0 saturated heterocycles. The molecule has 0 spiro atoms. The first-order valence-corrected chi connectivity index (χ1v) is 15.5. The second-order valence-corrected chi connectivity index (χ2v) is 10.9. The van der Waals surface area contributed by atoms with Crippen molar-refractivity contribution in [2.45, 2.75) is 13.2 Å². The molecule has 5 heteroatoms. The van der Waals surface area contributed by atoms with Crippen LogP contribution < -0.4 is 14.4 Å². The van der Waals surface area contributed by atoms with Crippen LogP contribution in [0.1, 0.15) is 28.2 Å². The SMILES string of the molecule is C(=C(c1ccc(OCc2ccco2)cc1)c1ccc(OCc2ccco2)cc1)c1ccc(N(c2ccccc2)c2ccccc2)cc1. The number of furan rings is 2. The maximum Gasteiger partial charge on any atom is 0.146 e. The Morgan fingerprint density at radius 2 is 0.915 bits per heavy atom. The fraction of sp³-hybridized carbons (Fsp3) is 0.0476. The van der Waals surface area contributed by atoms with Gasteiger partial charge in [-0.2, -0.15) is 0 Å². The maximum absolute atomic E-state index is 5.95. The molecular formula is C42H33NO4. The average molecular weight is 616 g/mol. The van der Waals surface area contributed by atoms with Crippen molar-refractivity contribution in [1.29, 1.82) is 0 Å². The van der Waals surface area contributed by atoms with Gasteiger partial charge in [-0.1, -0.05) is 72.8 Å². The van der Waals surface area contributed by atoms with Crippen molar-refractivity contribution in [2.75, 3.05) is 4.90 Å². The predicted molar refractivity (Wildman–Crippen MR) is 187 cm³/mol. The number of hydrogen-bond acceptors (Lipinski definition) is 5. The van der Waals surface area contributed by atoms with E-state index in [0.29, 0.717) is 13.2 Å². The second kappa shape index (κ2) is 14.3. The molecule has 230 valence electrons. The van der Waals surface area contributed by atoms with E-state index in [-0.39, 0.29) is 0 Å². The van der Waals surface area contributed by atoms with Crippen molar-refractivity contribution >= 4 is 28.7 Å². The lowest BCUT2D eigenvalue weighted by Crippen LogP contribution is -2.09. The normalized spacial score (nSPS) is 10.7. The summed E-state index contributed by atoms with van der Waals surface area (Å²) in [5.41, 5.74) is 7.59. The van der Waals surface area contributed by atoms with Crippen molar-refractivity contribution in [3.8, 4) is 11.5 Å². The second-order valence-electron chi connectivity index (χ2n) is 10.9. The van der Waals surface area contributed by atoms with Crippen LogP contribution in [0.2, 0.25) is 0 Å². The molecule has 0 aliphatic carbocycles. The van der Waals surface area contributed by atoms with Gasteiger partial charge in [0, 0.05) is 17.1 Å². The Balaban J connectivity index is 1.18. The molecule has 2 heterocycles. The van der Waals surface area contributed by atoms with E-state index in [2.05, 4.69) is 108 Å². The van der Waals surface area contributed by atoms with E-state index < -0.39 is 0 Å². The first-order chi connectivity index (χ1) is 23.3. The number of benzene rings is 5. The molecule has 0 aliphatic heterocycles. The molecule has 0 fully saturated rings. The average Bonchev–Trinajstić information content (AvgIpc) is 3.87. The Labute approximate surface area is 274 Å². The number of para-hydroxylation sites is 2. The summed E-state index contributed by atoms with van der Waals surface area (Å²) in [4.78, 5) is 2.26. The smallest absolute Gasteiger partial charge is 0.146 e. The molecule has 0 saturated carbocycles. The highest BCUT2D eigenvalue weighted by Crippen LogP contribution is 2.35. The van der Waals surface area contributed by atoms with Crippen molar-refractivity contribution in [3.63, 3.8) is 0 Å². The minimum Gasteiger partial charge on any atom is -0.486 e. The van der Waals surface area contributed by atoms with Gasteiger partial charge in [0.05, 0.1) is 12.5 Å². The van der Waals surface area contributed by atoms with Crippen LogP contribution in [0.3, 0.4) is 0 Å². The molecule has 5 nitrogen and oxygen atoms in total. The molecule has 0 N–H and O–H groups in total. The van der Waals surface area contributed by atoms with Gasteiger partial charge in [-0.05, 0) is 113 Å². The zero-order chi connectivity index (χ0) is 31.7. The van der Waals surface area contributed by atoms with Crippen LogP contribution in [0, 0.1) is 0 Å². The van der Waals surface area contributed by atoms with E-state index in [1.807, 2.05) is 60.7 Å². The molecule has 5 aromatic carbocycles. The fourth-order valence-electron chi connectivity index (χ4n) is 5.38. The lowest BCUT2D eigenvalue weighted by Gasteiger charge is -2.25. The summed E-state index contributed by atoms with van der Waals surface area (Å²) in [6.07, 6.45) is 5.52.